The van der Waals surface area contributed by atoms with Crippen molar-refractivity contribution in [1.29, 1.82) is 0 Å². The van der Waals surface area contributed by atoms with E-state index in [9.17, 15) is 9.59 Å². The van der Waals surface area contributed by atoms with Crippen LogP contribution in [0.2, 0.25) is 0 Å². The van der Waals surface area contributed by atoms with Crippen molar-refractivity contribution in [3.05, 3.63) is 59.2 Å². The first kappa shape index (κ1) is 18.0. The zero-order chi connectivity index (χ0) is 18.4. The van der Waals surface area contributed by atoms with Gasteiger partial charge in [0.05, 0.1) is 12.6 Å². The quantitative estimate of drug-likeness (QED) is 0.774. The lowest BCUT2D eigenvalue weighted by Crippen LogP contribution is -2.34. The molecule has 26 heavy (non-hydrogen) atoms. The van der Waals surface area contributed by atoms with E-state index in [-0.39, 0.29) is 18.6 Å². The molecule has 136 valence electrons. The van der Waals surface area contributed by atoms with Crippen LogP contribution in [0.5, 0.6) is 11.5 Å². The molecule has 5 heteroatoms. The molecule has 3 rings (SSSR count). The van der Waals surface area contributed by atoms with E-state index in [1.165, 1.54) is 11.1 Å². The summed E-state index contributed by atoms with van der Waals surface area (Å²) < 4.78 is 11.1. The van der Waals surface area contributed by atoms with E-state index in [0.29, 0.717) is 23.7 Å². The Morgan fingerprint density at radius 2 is 2.04 bits per heavy atom. The predicted octanol–water partition coefficient (Wildman–Crippen LogP) is 3.47. The SMILES string of the molecule is CCOc1cc(C=O)ccc1OCC(=O)N[C@@H]1CCCc2ccccc21. The number of amides is 1. The molecule has 2 aromatic rings. The topological polar surface area (TPSA) is 64.6 Å². The Morgan fingerprint density at radius 1 is 1.19 bits per heavy atom. The van der Waals surface area contributed by atoms with Gasteiger partial charge in [-0.1, -0.05) is 24.3 Å². The minimum Gasteiger partial charge on any atom is -0.490 e. The fourth-order valence-electron chi connectivity index (χ4n) is 3.27. The zero-order valence-electron chi connectivity index (χ0n) is 14.9. The van der Waals surface area contributed by atoms with Gasteiger partial charge in [0.15, 0.2) is 18.1 Å². The van der Waals surface area contributed by atoms with E-state index in [2.05, 4.69) is 17.4 Å². The summed E-state index contributed by atoms with van der Waals surface area (Å²) in [6.07, 6.45) is 3.80. The average Bonchev–Trinajstić information content (AvgIpc) is 2.67. The van der Waals surface area contributed by atoms with Gasteiger partial charge in [0.25, 0.3) is 5.91 Å². The second-order valence-corrected chi connectivity index (χ2v) is 6.26. The standard InChI is InChI=1S/C21H23NO4/c1-2-25-20-12-15(13-23)10-11-19(20)26-14-21(24)22-18-9-5-7-16-6-3-4-8-17(16)18/h3-4,6,8,10-13,18H,2,5,7,9,14H2,1H3,(H,22,24)/t18-/m1/s1. The molecule has 1 N–H and O–H groups in total. The number of carbonyl (C=O) groups excluding carboxylic acids is 2. The van der Waals surface area contributed by atoms with Crippen LogP contribution in [0.3, 0.4) is 0 Å². The lowest BCUT2D eigenvalue weighted by molar-refractivity contribution is -0.124. The fraction of sp³-hybridized carbons (Fsp3) is 0.333. The third kappa shape index (κ3) is 4.23. The van der Waals surface area contributed by atoms with Crippen LogP contribution < -0.4 is 14.8 Å². The number of hydrogen-bond donors (Lipinski definition) is 1. The first-order valence-corrected chi connectivity index (χ1v) is 8.93. The number of aldehydes is 1. The molecule has 1 atom stereocenters. The van der Waals surface area contributed by atoms with E-state index < -0.39 is 0 Å². The van der Waals surface area contributed by atoms with Gasteiger partial charge in [-0.15, -0.1) is 0 Å². The van der Waals surface area contributed by atoms with Gasteiger partial charge in [-0.05, 0) is 55.5 Å². The van der Waals surface area contributed by atoms with E-state index in [4.69, 9.17) is 9.47 Å². The van der Waals surface area contributed by atoms with Gasteiger partial charge in [0, 0.05) is 5.56 Å². The van der Waals surface area contributed by atoms with Crippen LogP contribution in [0.1, 0.15) is 47.3 Å². The molecule has 0 saturated heterocycles. The van der Waals surface area contributed by atoms with E-state index >= 15 is 0 Å². The molecule has 1 aliphatic carbocycles. The van der Waals surface area contributed by atoms with Crippen LogP contribution in [-0.4, -0.2) is 25.4 Å². The minimum absolute atomic E-state index is 0.0276. The monoisotopic (exact) mass is 353 g/mol. The molecule has 0 spiro atoms. The number of aryl methyl sites for hydroxylation is 1. The molecule has 1 amide bonds. The largest absolute Gasteiger partial charge is 0.490 e. The molecule has 2 aromatic carbocycles. The van der Waals surface area contributed by atoms with Crippen molar-refractivity contribution < 1.29 is 19.1 Å². The van der Waals surface area contributed by atoms with Gasteiger partial charge in [-0.3, -0.25) is 9.59 Å². The third-order valence-corrected chi connectivity index (χ3v) is 4.47. The summed E-state index contributed by atoms with van der Waals surface area (Å²) in [7, 11) is 0. The number of hydrogen-bond acceptors (Lipinski definition) is 4. The highest BCUT2D eigenvalue weighted by molar-refractivity contribution is 5.79. The van der Waals surface area contributed by atoms with Crippen LogP contribution in [-0.2, 0) is 11.2 Å². The summed E-state index contributed by atoms with van der Waals surface area (Å²) in [5.41, 5.74) is 2.99. The van der Waals surface area contributed by atoms with Gasteiger partial charge in [0.2, 0.25) is 0 Å². The van der Waals surface area contributed by atoms with E-state index in [1.54, 1.807) is 18.2 Å². The van der Waals surface area contributed by atoms with Gasteiger partial charge in [-0.25, -0.2) is 0 Å². The van der Waals surface area contributed by atoms with Crippen LogP contribution in [0, 0.1) is 0 Å². The van der Waals surface area contributed by atoms with E-state index in [1.807, 2.05) is 19.1 Å². The fourth-order valence-corrected chi connectivity index (χ4v) is 3.27. The molecule has 0 aliphatic heterocycles. The molecule has 0 fully saturated rings. The first-order chi connectivity index (χ1) is 12.7. The van der Waals surface area contributed by atoms with Crippen molar-refractivity contribution in [3.8, 4) is 11.5 Å². The molecular weight excluding hydrogens is 330 g/mol. The first-order valence-electron chi connectivity index (χ1n) is 8.93. The van der Waals surface area contributed by atoms with Gasteiger partial charge in [0.1, 0.15) is 6.29 Å². The summed E-state index contributed by atoms with van der Waals surface area (Å²) in [6.45, 7) is 2.20. The second-order valence-electron chi connectivity index (χ2n) is 6.26. The summed E-state index contributed by atoms with van der Waals surface area (Å²) in [5, 5.41) is 3.06. The van der Waals surface area contributed by atoms with Crippen LogP contribution >= 0.6 is 0 Å². The molecule has 0 radical (unpaired) electrons. The van der Waals surface area contributed by atoms with Crippen molar-refractivity contribution in [3.63, 3.8) is 0 Å². The molecule has 1 aliphatic rings. The maximum atomic E-state index is 12.4. The lowest BCUT2D eigenvalue weighted by atomic mass is 9.88. The summed E-state index contributed by atoms with van der Waals surface area (Å²) >= 11 is 0. The van der Waals surface area contributed by atoms with Crippen LogP contribution in [0.4, 0.5) is 0 Å². The lowest BCUT2D eigenvalue weighted by Gasteiger charge is -2.26. The highest BCUT2D eigenvalue weighted by Crippen LogP contribution is 2.30. The minimum atomic E-state index is -0.173. The number of nitrogens with one attached hydrogen (secondary N) is 1. The Labute approximate surface area is 153 Å². The number of ether oxygens (including phenoxy) is 2. The zero-order valence-corrected chi connectivity index (χ0v) is 14.9. The van der Waals surface area contributed by atoms with Gasteiger partial charge in [-0.2, -0.15) is 0 Å². The Bertz CT molecular complexity index is 787. The average molecular weight is 353 g/mol. The number of benzene rings is 2. The maximum absolute atomic E-state index is 12.4. The highest BCUT2D eigenvalue weighted by Gasteiger charge is 2.21. The second kappa shape index (κ2) is 8.52. The van der Waals surface area contributed by atoms with Crippen molar-refractivity contribution in [2.24, 2.45) is 0 Å². The van der Waals surface area contributed by atoms with Crippen LogP contribution in [0.25, 0.3) is 0 Å². The molecule has 0 aromatic heterocycles. The Morgan fingerprint density at radius 3 is 2.85 bits per heavy atom. The van der Waals surface area contributed by atoms with Gasteiger partial charge >= 0.3 is 0 Å². The third-order valence-electron chi connectivity index (χ3n) is 4.47. The Kier molecular flexibility index (Phi) is 5.89. The smallest absolute Gasteiger partial charge is 0.258 e. The molecule has 0 unspecified atom stereocenters. The number of fused-ring (bicyclic) bond motifs is 1. The van der Waals surface area contributed by atoms with Crippen molar-refractivity contribution in [2.75, 3.05) is 13.2 Å². The summed E-state index contributed by atoms with van der Waals surface area (Å²) in [4.78, 5) is 23.3. The Balaban J connectivity index is 1.62. The van der Waals surface area contributed by atoms with Crippen LogP contribution in [0.15, 0.2) is 42.5 Å². The van der Waals surface area contributed by atoms with Gasteiger partial charge < -0.3 is 14.8 Å². The Hall–Kier alpha value is -2.82. The molecule has 0 bridgehead atoms. The van der Waals surface area contributed by atoms with Crippen molar-refractivity contribution in [1.82, 2.24) is 5.32 Å². The van der Waals surface area contributed by atoms with E-state index in [0.717, 1.165) is 25.5 Å². The molecule has 5 nitrogen and oxygen atoms in total. The molecule has 0 saturated carbocycles. The predicted molar refractivity (Wildman–Crippen MR) is 98.8 cm³/mol. The summed E-state index contributed by atoms with van der Waals surface area (Å²) in [5.74, 6) is 0.748. The van der Waals surface area contributed by atoms with Crippen molar-refractivity contribution in [2.45, 2.75) is 32.2 Å². The normalized spacial score (nSPS) is 15.7. The maximum Gasteiger partial charge on any atom is 0.258 e. The summed E-state index contributed by atoms with van der Waals surface area (Å²) in [6, 6.07) is 13.2. The van der Waals surface area contributed by atoms with Crippen molar-refractivity contribution >= 4 is 12.2 Å². The number of rotatable bonds is 7. The highest BCUT2D eigenvalue weighted by atomic mass is 16.5. The molecular formula is C21H23NO4. The number of carbonyl (C=O) groups is 2. The molecule has 0 heterocycles.